The standard InChI is InChI=1S/C16H24N2S/c1-2-17-16(14-9-5-11-19-14)13-8-3-6-12-7-4-10-18-15(12)13/h4,7,10,13-14,16-17H,2-3,5-6,8-9,11H2,1H3. The van der Waals surface area contributed by atoms with Crippen molar-refractivity contribution in [3.05, 3.63) is 29.6 Å². The van der Waals surface area contributed by atoms with Crippen LogP contribution < -0.4 is 5.32 Å². The van der Waals surface area contributed by atoms with Gasteiger partial charge in [-0.15, -0.1) is 0 Å². The molecule has 0 amide bonds. The van der Waals surface area contributed by atoms with Crippen LogP contribution in [0.5, 0.6) is 0 Å². The highest BCUT2D eigenvalue weighted by molar-refractivity contribution is 8.00. The Morgan fingerprint density at radius 2 is 2.37 bits per heavy atom. The fourth-order valence-corrected chi connectivity index (χ4v) is 5.11. The number of pyridine rings is 1. The molecule has 1 N–H and O–H groups in total. The number of thioether (sulfide) groups is 1. The number of rotatable bonds is 4. The summed E-state index contributed by atoms with van der Waals surface area (Å²) in [5.41, 5.74) is 2.87. The summed E-state index contributed by atoms with van der Waals surface area (Å²) in [7, 11) is 0. The molecule has 1 aromatic rings. The molecule has 1 aromatic heterocycles. The van der Waals surface area contributed by atoms with Crippen molar-refractivity contribution >= 4 is 11.8 Å². The molecule has 0 spiro atoms. The second-order valence-electron chi connectivity index (χ2n) is 5.68. The Morgan fingerprint density at radius 3 is 3.16 bits per heavy atom. The van der Waals surface area contributed by atoms with Gasteiger partial charge in [-0.2, -0.15) is 11.8 Å². The highest BCUT2D eigenvalue weighted by Gasteiger charge is 2.35. The summed E-state index contributed by atoms with van der Waals surface area (Å²) < 4.78 is 0. The molecule has 19 heavy (non-hydrogen) atoms. The molecule has 2 nitrogen and oxygen atoms in total. The fourth-order valence-electron chi connectivity index (χ4n) is 3.65. The maximum atomic E-state index is 4.73. The Kier molecular flexibility index (Phi) is 4.44. The van der Waals surface area contributed by atoms with Crippen LogP contribution >= 0.6 is 11.8 Å². The van der Waals surface area contributed by atoms with Gasteiger partial charge in [-0.05, 0) is 56.0 Å². The van der Waals surface area contributed by atoms with Gasteiger partial charge in [-0.3, -0.25) is 4.98 Å². The van der Waals surface area contributed by atoms with Crippen LogP contribution in [0.2, 0.25) is 0 Å². The average Bonchev–Trinajstić information content (AvgIpc) is 2.98. The zero-order chi connectivity index (χ0) is 13.1. The molecule has 2 aliphatic rings. The second-order valence-corrected chi connectivity index (χ2v) is 7.03. The van der Waals surface area contributed by atoms with Crippen molar-refractivity contribution in [2.45, 2.75) is 56.2 Å². The van der Waals surface area contributed by atoms with Crippen molar-refractivity contribution in [2.75, 3.05) is 12.3 Å². The van der Waals surface area contributed by atoms with Gasteiger partial charge in [0.05, 0.1) is 0 Å². The van der Waals surface area contributed by atoms with E-state index in [1.165, 1.54) is 49.1 Å². The number of nitrogens with zero attached hydrogens (tertiary/aromatic N) is 1. The SMILES string of the molecule is CCNC(C1CCCS1)C1CCCc2cccnc21. The minimum absolute atomic E-state index is 0.617. The van der Waals surface area contributed by atoms with Gasteiger partial charge < -0.3 is 5.32 Å². The van der Waals surface area contributed by atoms with E-state index in [1.54, 1.807) is 0 Å². The number of hydrogen-bond acceptors (Lipinski definition) is 3. The first-order valence-electron chi connectivity index (χ1n) is 7.69. The Labute approximate surface area is 120 Å². The highest BCUT2D eigenvalue weighted by Crippen LogP contribution is 2.39. The first kappa shape index (κ1) is 13.4. The van der Waals surface area contributed by atoms with E-state index in [0.29, 0.717) is 12.0 Å². The first-order chi connectivity index (χ1) is 9.40. The number of aromatic nitrogens is 1. The van der Waals surface area contributed by atoms with Crippen LogP contribution in [0.4, 0.5) is 0 Å². The Hall–Kier alpha value is -0.540. The van der Waals surface area contributed by atoms with Crippen LogP contribution in [-0.4, -0.2) is 28.6 Å². The molecule has 3 heteroatoms. The molecule has 0 aromatic carbocycles. The Balaban J connectivity index is 1.86. The topological polar surface area (TPSA) is 24.9 Å². The molecular formula is C16H24N2S. The van der Waals surface area contributed by atoms with Crippen LogP contribution in [0.15, 0.2) is 18.3 Å². The van der Waals surface area contributed by atoms with Crippen LogP contribution in [-0.2, 0) is 6.42 Å². The predicted octanol–water partition coefficient (Wildman–Crippen LogP) is 3.38. The van der Waals surface area contributed by atoms with Gasteiger partial charge in [0.15, 0.2) is 0 Å². The lowest BCUT2D eigenvalue weighted by atomic mass is 9.80. The van der Waals surface area contributed by atoms with Gasteiger partial charge in [-0.1, -0.05) is 13.0 Å². The molecule has 1 aliphatic heterocycles. The van der Waals surface area contributed by atoms with E-state index in [4.69, 9.17) is 4.98 Å². The summed E-state index contributed by atoms with van der Waals surface area (Å²) >= 11 is 2.17. The number of nitrogens with one attached hydrogen (secondary N) is 1. The van der Waals surface area contributed by atoms with Crippen molar-refractivity contribution < 1.29 is 0 Å². The number of aryl methyl sites for hydroxylation is 1. The number of likely N-dealkylation sites (N-methyl/N-ethyl adjacent to an activating group) is 1. The van der Waals surface area contributed by atoms with E-state index in [9.17, 15) is 0 Å². The van der Waals surface area contributed by atoms with E-state index >= 15 is 0 Å². The third-order valence-electron chi connectivity index (χ3n) is 4.48. The maximum Gasteiger partial charge on any atom is 0.0482 e. The molecule has 104 valence electrons. The first-order valence-corrected chi connectivity index (χ1v) is 8.74. The summed E-state index contributed by atoms with van der Waals surface area (Å²) in [5, 5.41) is 4.56. The molecule has 1 fully saturated rings. The maximum absolute atomic E-state index is 4.73. The van der Waals surface area contributed by atoms with Gasteiger partial charge in [0, 0.05) is 29.1 Å². The minimum Gasteiger partial charge on any atom is -0.312 e. The van der Waals surface area contributed by atoms with Gasteiger partial charge in [-0.25, -0.2) is 0 Å². The minimum atomic E-state index is 0.617. The molecule has 2 heterocycles. The molecular weight excluding hydrogens is 252 g/mol. The van der Waals surface area contributed by atoms with Crippen LogP contribution in [0, 0.1) is 0 Å². The average molecular weight is 276 g/mol. The van der Waals surface area contributed by atoms with Gasteiger partial charge in [0.25, 0.3) is 0 Å². The molecule has 3 atom stereocenters. The van der Waals surface area contributed by atoms with Gasteiger partial charge >= 0.3 is 0 Å². The van der Waals surface area contributed by atoms with Crippen molar-refractivity contribution in [3.8, 4) is 0 Å². The van der Waals surface area contributed by atoms with E-state index in [0.717, 1.165) is 11.8 Å². The predicted molar refractivity (Wildman–Crippen MR) is 82.9 cm³/mol. The molecule has 1 aliphatic carbocycles. The number of fused-ring (bicyclic) bond motifs is 1. The van der Waals surface area contributed by atoms with Crippen LogP contribution in [0.25, 0.3) is 0 Å². The fraction of sp³-hybridized carbons (Fsp3) is 0.688. The molecule has 0 saturated carbocycles. The van der Waals surface area contributed by atoms with E-state index in [-0.39, 0.29) is 0 Å². The third-order valence-corrected chi connectivity index (χ3v) is 5.96. The number of hydrogen-bond donors (Lipinski definition) is 1. The molecule has 0 bridgehead atoms. The summed E-state index contributed by atoms with van der Waals surface area (Å²) in [6.45, 7) is 3.30. The third kappa shape index (κ3) is 2.82. The zero-order valence-corrected chi connectivity index (χ0v) is 12.6. The summed E-state index contributed by atoms with van der Waals surface area (Å²) in [4.78, 5) is 4.73. The lowest BCUT2D eigenvalue weighted by Gasteiger charge is -2.35. The summed E-state index contributed by atoms with van der Waals surface area (Å²) in [5.74, 6) is 1.97. The smallest absolute Gasteiger partial charge is 0.0482 e. The van der Waals surface area contributed by atoms with Crippen molar-refractivity contribution in [3.63, 3.8) is 0 Å². The molecule has 0 radical (unpaired) electrons. The second kappa shape index (κ2) is 6.27. The van der Waals surface area contributed by atoms with E-state index < -0.39 is 0 Å². The van der Waals surface area contributed by atoms with E-state index in [1.807, 2.05) is 6.20 Å². The van der Waals surface area contributed by atoms with Crippen molar-refractivity contribution in [1.29, 1.82) is 0 Å². The quantitative estimate of drug-likeness (QED) is 0.912. The monoisotopic (exact) mass is 276 g/mol. The normalized spacial score (nSPS) is 28.1. The zero-order valence-electron chi connectivity index (χ0n) is 11.8. The van der Waals surface area contributed by atoms with E-state index in [2.05, 4.69) is 36.1 Å². The molecule has 3 rings (SSSR count). The summed E-state index contributed by atoms with van der Waals surface area (Å²) in [6, 6.07) is 4.99. The largest absolute Gasteiger partial charge is 0.312 e. The molecule has 1 saturated heterocycles. The lowest BCUT2D eigenvalue weighted by molar-refractivity contribution is 0.377. The Morgan fingerprint density at radius 1 is 1.42 bits per heavy atom. The van der Waals surface area contributed by atoms with Crippen LogP contribution in [0.3, 0.4) is 0 Å². The highest BCUT2D eigenvalue weighted by atomic mass is 32.2. The van der Waals surface area contributed by atoms with Gasteiger partial charge in [0.2, 0.25) is 0 Å². The van der Waals surface area contributed by atoms with Crippen molar-refractivity contribution in [2.24, 2.45) is 0 Å². The molecule has 3 unspecified atom stereocenters. The van der Waals surface area contributed by atoms with Crippen molar-refractivity contribution in [1.82, 2.24) is 10.3 Å². The Bertz CT molecular complexity index is 415. The lowest BCUT2D eigenvalue weighted by Crippen LogP contribution is -2.43. The van der Waals surface area contributed by atoms with Crippen LogP contribution in [0.1, 0.15) is 49.8 Å². The van der Waals surface area contributed by atoms with Gasteiger partial charge in [0.1, 0.15) is 0 Å². The summed E-state index contributed by atoms with van der Waals surface area (Å²) in [6.07, 6.45) is 8.58.